The van der Waals surface area contributed by atoms with E-state index < -0.39 is 0 Å². The van der Waals surface area contributed by atoms with E-state index in [1.165, 1.54) is 23.7 Å². The van der Waals surface area contributed by atoms with Gasteiger partial charge in [0.1, 0.15) is 11.4 Å². The van der Waals surface area contributed by atoms with Crippen molar-refractivity contribution >= 4 is 34.4 Å². The van der Waals surface area contributed by atoms with Gasteiger partial charge in [0.25, 0.3) is 0 Å². The number of para-hydroxylation sites is 2. The van der Waals surface area contributed by atoms with Gasteiger partial charge in [-0.05, 0) is 37.1 Å². The van der Waals surface area contributed by atoms with Crippen LogP contribution in [-0.4, -0.2) is 37.5 Å². The molecule has 0 bridgehead atoms. The second-order valence-corrected chi connectivity index (χ2v) is 8.27. The number of benzene rings is 2. The maximum Gasteiger partial charge on any atom is 0.240 e. The number of rotatable bonds is 4. The number of anilines is 1. The van der Waals surface area contributed by atoms with Gasteiger partial charge < -0.3 is 4.90 Å². The van der Waals surface area contributed by atoms with E-state index >= 15 is 0 Å². The molecule has 7 heteroatoms. The van der Waals surface area contributed by atoms with Gasteiger partial charge in [0, 0.05) is 12.2 Å². The Kier molecular flexibility index (Phi) is 4.52. The Morgan fingerprint density at radius 1 is 1.07 bits per heavy atom. The number of carbonyl (C=O) groups is 1. The molecule has 0 spiro atoms. The fraction of sp³-hybridized carbons (Fsp3) is 0.182. The lowest BCUT2D eigenvalue weighted by molar-refractivity contribution is -0.117. The SMILES string of the molecule is C[C@H](Sc1ncnc2c1cnn2-c1ccccc1)C(=O)N1CCc2ccccc21. The van der Waals surface area contributed by atoms with Crippen LogP contribution in [0, 0.1) is 0 Å². The van der Waals surface area contributed by atoms with Crippen molar-refractivity contribution in [3.8, 4) is 5.69 Å². The molecule has 3 heterocycles. The summed E-state index contributed by atoms with van der Waals surface area (Å²) in [6.07, 6.45) is 4.21. The van der Waals surface area contributed by atoms with Crippen molar-refractivity contribution in [3.05, 3.63) is 72.7 Å². The highest BCUT2D eigenvalue weighted by Crippen LogP contribution is 2.33. The highest BCUT2D eigenvalue weighted by atomic mass is 32.2. The summed E-state index contributed by atoms with van der Waals surface area (Å²) in [5, 5.41) is 5.85. The van der Waals surface area contributed by atoms with Crippen LogP contribution >= 0.6 is 11.8 Å². The minimum absolute atomic E-state index is 0.0992. The molecule has 0 saturated carbocycles. The minimum Gasteiger partial charge on any atom is -0.311 e. The molecule has 0 saturated heterocycles. The molecule has 0 N–H and O–H groups in total. The van der Waals surface area contributed by atoms with Gasteiger partial charge in [-0.2, -0.15) is 5.10 Å². The number of nitrogens with zero attached hydrogens (tertiary/aromatic N) is 5. The molecule has 0 radical (unpaired) electrons. The van der Waals surface area contributed by atoms with Crippen LogP contribution in [0.1, 0.15) is 12.5 Å². The summed E-state index contributed by atoms with van der Waals surface area (Å²) in [5.74, 6) is 0.0992. The average Bonchev–Trinajstić information content (AvgIpc) is 3.39. The Bertz CT molecular complexity index is 1190. The fourth-order valence-corrected chi connectivity index (χ4v) is 4.62. The van der Waals surface area contributed by atoms with Gasteiger partial charge in [-0.25, -0.2) is 14.6 Å². The molecular weight excluding hydrogens is 382 g/mol. The van der Waals surface area contributed by atoms with Crippen LogP contribution in [0.2, 0.25) is 0 Å². The molecule has 1 atom stereocenters. The van der Waals surface area contributed by atoms with Gasteiger partial charge in [-0.15, -0.1) is 0 Å². The predicted molar refractivity (Wildman–Crippen MR) is 114 cm³/mol. The average molecular weight is 401 g/mol. The number of aromatic nitrogens is 4. The summed E-state index contributed by atoms with van der Waals surface area (Å²) >= 11 is 1.46. The Labute approximate surface area is 172 Å². The molecule has 144 valence electrons. The second-order valence-electron chi connectivity index (χ2n) is 6.94. The van der Waals surface area contributed by atoms with Crippen molar-refractivity contribution in [2.24, 2.45) is 0 Å². The zero-order chi connectivity index (χ0) is 19.8. The number of amides is 1. The molecule has 0 fully saturated rings. The predicted octanol–water partition coefficient (Wildman–Crippen LogP) is 3.89. The summed E-state index contributed by atoms with van der Waals surface area (Å²) in [6, 6.07) is 18.0. The minimum atomic E-state index is -0.265. The summed E-state index contributed by atoms with van der Waals surface area (Å²) in [6.45, 7) is 2.66. The van der Waals surface area contributed by atoms with Crippen LogP contribution in [0.25, 0.3) is 16.7 Å². The molecule has 1 amide bonds. The zero-order valence-corrected chi connectivity index (χ0v) is 16.7. The lowest BCUT2D eigenvalue weighted by atomic mass is 10.2. The Morgan fingerprint density at radius 2 is 1.86 bits per heavy atom. The van der Waals surface area contributed by atoms with Crippen molar-refractivity contribution < 1.29 is 4.79 Å². The normalized spacial score (nSPS) is 14.2. The molecule has 1 aliphatic heterocycles. The third-order valence-corrected chi connectivity index (χ3v) is 6.22. The number of hydrogen-bond acceptors (Lipinski definition) is 5. The third-order valence-electron chi connectivity index (χ3n) is 5.12. The topological polar surface area (TPSA) is 63.9 Å². The smallest absolute Gasteiger partial charge is 0.240 e. The van der Waals surface area contributed by atoms with Gasteiger partial charge in [0.05, 0.1) is 22.5 Å². The van der Waals surface area contributed by atoms with Crippen molar-refractivity contribution in [1.82, 2.24) is 19.7 Å². The highest BCUT2D eigenvalue weighted by molar-refractivity contribution is 8.00. The van der Waals surface area contributed by atoms with Crippen LogP contribution in [0.3, 0.4) is 0 Å². The molecule has 0 aliphatic carbocycles. The molecule has 5 rings (SSSR count). The summed E-state index contributed by atoms with van der Waals surface area (Å²) in [7, 11) is 0. The van der Waals surface area contributed by atoms with Crippen molar-refractivity contribution in [2.45, 2.75) is 23.6 Å². The number of hydrogen-bond donors (Lipinski definition) is 0. The first-order valence-electron chi connectivity index (χ1n) is 9.52. The van der Waals surface area contributed by atoms with Crippen LogP contribution < -0.4 is 4.90 Å². The summed E-state index contributed by atoms with van der Waals surface area (Å²) in [4.78, 5) is 23.9. The standard InChI is InChI=1S/C22H19N5OS/c1-15(22(28)26-12-11-16-7-5-6-10-19(16)26)29-21-18-13-25-27(20(18)23-14-24-21)17-8-3-2-4-9-17/h2-10,13-15H,11-12H2,1H3/t15-/m0/s1. The number of carbonyl (C=O) groups excluding carboxylic acids is 1. The molecule has 6 nitrogen and oxygen atoms in total. The fourth-order valence-electron chi connectivity index (χ4n) is 3.68. The van der Waals surface area contributed by atoms with Gasteiger partial charge in [-0.1, -0.05) is 48.2 Å². The van der Waals surface area contributed by atoms with Crippen LogP contribution in [-0.2, 0) is 11.2 Å². The van der Waals surface area contributed by atoms with E-state index in [1.807, 2.05) is 60.4 Å². The lowest BCUT2D eigenvalue weighted by Crippen LogP contribution is -2.35. The molecule has 4 aromatic rings. The largest absolute Gasteiger partial charge is 0.311 e. The zero-order valence-electron chi connectivity index (χ0n) is 15.9. The summed E-state index contributed by atoms with van der Waals surface area (Å²) < 4.78 is 1.80. The Hall–Kier alpha value is -3.19. The van der Waals surface area contributed by atoms with Gasteiger partial charge in [0.2, 0.25) is 5.91 Å². The maximum atomic E-state index is 13.1. The van der Waals surface area contributed by atoms with Gasteiger partial charge in [-0.3, -0.25) is 4.79 Å². The van der Waals surface area contributed by atoms with E-state index in [4.69, 9.17) is 0 Å². The van der Waals surface area contributed by atoms with E-state index in [9.17, 15) is 4.79 Å². The third kappa shape index (κ3) is 3.17. The molecule has 2 aromatic carbocycles. The van der Waals surface area contributed by atoms with Gasteiger partial charge in [0.15, 0.2) is 5.65 Å². The molecule has 0 unspecified atom stereocenters. The summed E-state index contributed by atoms with van der Waals surface area (Å²) in [5.41, 5.74) is 3.93. The van der Waals surface area contributed by atoms with E-state index in [0.717, 1.165) is 40.4 Å². The molecule has 2 aromatic heterocycles. The van der Waals surface area contributed by atoms with Gasteiger partial charge >= 0.3 is 0 Å². The van der Waals surface area contributed by atoms with E-state index in [1.54, 1.807) is 10.9 Å². The quantitative estimate of drug-likeness (QED) is 0.383. The van der Waals surface area contributed by atoms with Crippen LogP contribution in [0.15, 0.2) is 72.1 Å². The van der Waals surface area contributed by atoms with Crippen molar-refractivity contribution in [3.63, 3.8) is 0 Å². The first-order chi connectivity index (χ1) is 14.2. The highest BCUT2D eigenvalue weighted by Gasteiger charge is 2.29. The first-order valence-corrected chi connectivity index (χ1v) is 10.4. The monoisotopic (exact) mass is 401 g/mol. The molecule has 29 heavy (non-hydrogen) atoms. The molecule has 1 aliphatic rings. The van der Waals surface area contributed by atoms with E-state index in [0.29, 0.717) is 0 Å². The lowest BCUT2D eigenvalue weighted by Gasteiger charge is -2.21. The van der Waals surface area contributed by atoms with Crippen molar-refractivity contribution in [1.29, 1.82) is 0 Å². The first kappa shape index (κ1) is 17.9. The Morgan fingerprint density at radius 3 is 2.72 bits per heavy atom. The van der Waals surface area contributed by atoms with Crippen molar-refractivity contribution in [2.75, 3.05) is 11.4 Å². The number of thioether (sulfide) groups is 1. The molecular formula is C22H19N5OS. The maximum absolute atomic E-state index is 13.1. The Balaban J connectivity index is 1.42. The van der Waals surface area contributed by atoms with Crippen LogP contribution in [0.4, 0.5) is 5.69 Å². The second kappa shape index (κ2) is 7.33. The van der Waals surface area contributed by atoms with E-state index in [-0.39, 0.29) is 11.2 Å². The number of fused-ring (bicyclic) bond motifs is 2. The van der Waals surface area contributed by atoms with Crippen LogP contribution in [0.5, 0.6) is 0 Å². The van der Waals surface area contributed by atoms with E-state index in [2.05, 4.69) is 21.1 Å².